The van der Waals surface area contributed by atoms with E-state index in [1.807, 2.05) is 0 Å². The number of piperidine rings is 5. The van der Waals surface area contributed by atoms with Crippen LogP contribution < -0.4 is 4.90 Å². The van der Waals surface area contributed by atoms with E-state index in [9.17, 15) is 15.3 Å². The molecular weight excluding hydrogens is 506 g/mol. The average Bonchev–Trinajstić information content (AvgIpc) is 3.22. The standard InChI is InChI=1S/C28H41BrN3O3/c1-3-18-19-12-22-25-28(20-11-16(29)7-8-21(20)30(25)2)13-23(24(19)26(28)34)32(22,27(18)35)15-17(33)14-31-9-5-4-6-10-31/h7-8,11,17-19,22-27,33-35H,3-6,9-10,12-15H2,1-2H3/q+1/t17?,18-,19?,22-,23-,24?,25-,26?,27+,28?,32?/m0/s1. The van der Waals surface area contributed by atoms with Gasteiger partial charge in [0.1, 0.15) is 18.7 Å². The molecule has 6 nitrogen and oxygen atoms in total. The van der Waals surface area contributed by atoms with Crippen molar-refractivity contribution >= 4 is 21.6 Å². The molecule has 192 valence electrons. The molecule has 3 N–H and O–H groups in total. The van der Waals surface area contributed by atoms with E-state index >= 15 is 0 Å². The van der Waals surface area contributed by atoms with Gasteiger partial charge in [0.25, 0.3) is 0 Å². The van der Waals surface area contributed by atoms with E-state index in [0.29, 0.717) is 23.5 Å². The molecule has 1 spiro atoms. The minimum Gasteiger partial charge on any atom is -0.392 e. The molecule has 5 saturated heterocycles. The molecule has 1 aromatic carbocycles. The molecule has 6 fully saturated rings. The highest BCUT2D eigenvalue weighted by atomic mass is 79.9. The van der Waals surface area contributed by atoms with Crippen molar-refractivity contribution in [3.05, 3.63) is 28.2 Å². The van der Waals surface area contributed by atoms with Crippen LogP contribution in [0.25, 0.3) is 0 Å². The Morgan fingerprint density at radius 1 is 1.17 bits per heavy atom. The van der Waals surface area contributed by atoms with Gasteiger partial charge in [0.2, 0.25) is 0 Å². The van der Waals surface area contributed by atoms with Gasteiger partial charge in [0.15, 0.2) is 6.23 Å². The lowest BCUT2D eigenvalue weighted by Crippen LogP contribution is -2.84. The number of likely N-dealkylation sites (tertiary alicyclic amines) is 1. The van der Waals surface area contributed by atoms with Crippen LogP contribution in [0.5, 0.6) is 0 Å². The number of anilines is 1. The van der Waals surface area contributed by atoms with E-state index in [1.165, 1.54) is 30.5 Å². The van der Waals surface area contributed by atoms with Gasteiger partial charge in [-0.2, -0.15) is 0 Å². The van der Waals surface area contributed by atoms with E-state index in [1.54, 1.807) is 0 Å². The van der Waals surface area contributed by atoms with E-state index < -0.39 is 18.4 Å². The zero-order chi connectivity index (χ0) is 24.3. The molecule has 5 bridgehead atoms. The van der Waals surface area contributed by atoms with Crippen molar-refractivity contribution in [1.82, 2.24) is 4.90 Å². The first kappa shape index (κ1) is 23.4. The van der Waals surface area contributed by atoms with Gasteiger partial charge in [-0.05, 0) is 62.0 Å². The Kier molecular flexibility index (Phi) is 5.29. The Bertz CT molecular complexity index is 1020. The van der Waals surface area contributed by atoms with Crippen LogP contribution in [-0.2, 0) is 5.41 Å². The predicted octanol–water partition coefficient (Wildman–Crippen LogP) is 2.68. The second-order valence-corrected chi connectivity index (χ2v) is 13.6. The Morgan fingerprint density at radius 2 is 1.94 bits per heavy atom. The minimum absolute atomic E-state index is 0.155. The maximum atomic E-state index is 12.2. The largest absolute Gasteiger partial charge is 0.392 e. The quantitative estimate of drug-likeness (QED) is 0.495. The summed E-state index contributed by atoms with van der Waals surface area (Å²) < 4.78 is 1.68. The first-order chi connectivity index (χ1) is 16.8. The van der Waals surface area contributed by atoms with Gasteiger partial charge in [0.05, 0.1) is 23.6 Å². The van der Waals surface area contributed by atoms with Gasteiger partial charge in [-0.1, -0.05) is 29.3 Å². The molecule has 7 aliphatic rings. The number of rotatable bonds is 5. The Balaban J connectivity index is 1.33. The Labute approximate surface area is 217 Å². The fraction of sp³-hybridized carbons (Fsp3) is 0.786. The van der Waals surface area contributed by atoms with E-state index in [0.717, 1.165) is 36.8 Å². The van der Waals surface area contributed by atoms with E-state index in [2.05, 4.69) is 57.9 Å². The minimum atomic E-state index is -0.452. The van der Waals surface area contributed by atoms with E-state index in [4.69, 9.17) is 0 Å². The smallest absolute Gasteiger partial charge is 0.194 e. The van der Waals surface area contributed by atoms with Crippen LogP contribution in [0.3, 0.4) is 0 Å². The van der Waals surface area contributed by atoms with Crippen molar-refractivity contribution in [2.45, 2.75) is 87.4 Å². The molecule has 0 radical (unpaired) electrons. The number of aliphatic hydroxyl groups excluding tert-OH is 3. The molecule has 1 aromatic rings. The highest BCUT2D eigenvalue weighted by Crippen LogP contribution is 2.71. The van der Waals surface area contributed by atoms with Crippen molar-refractivity contribution in [1.29, 1.82) is 0 Å². The van der Waals surface area contributed by atoms with Crippen LogP contribution in [0.4, 0.5) is 5.69 Å². The number of nitrogens with zero attached hydrogens (tertiary/aromatic N) is 3. The fourth-order valence-electron chi connectivity index (χ4n) is 10.6. The van der Waals surface area contributed by atoms with E-state index in [-0.39, 0.29) is 35.4 Å². The highest BCUT2D eigenvalue weighted by Gasteiger charge is 2.83. The number of halogens is 1. The number of likely N-dealkylation sites (N-methyl/N-ethyl adjacent to an activating group) is 1. The van der Waals surface area contributed by atoms with Crippen LogP contribution in [0.15, 0.2) is 22.7 Å². The summed E-state index contributed by atoms with van der Waals surface area (Å²) in [6, 6.07) is 7.18. The Morgan fingerprint density at radius 3 is 2.69 bits per heavy atom. The molecule has 35 heavy (non-hydrogen) atoms. The van der Waals surface area contributed by atoms with Gasteiger partial charge in [-0.15, -0.1) is 0 Å². The highest BCUT2D eigenvalue weighted by molar-refractivity contribution is 9.10. The SMILES string of the molecule is CC[C@H]1C2C[C@H]3[C@@H]4N(C)c5ccc(Br)cc5C45C[C@@H](C2C5O)[N+]3(CC(O)CN2CCCCC2)[C@@H]1O. The average molecular weight is 548 g/mol. The van der Waals surface area contributed by atoms with Crippen molar-refractivity contribution in [3.63, 3.8) is 0 Å². The molecule has 0 aromatic heterocycles. The summed E-state index contributed by atoms with van der Waals surface area (Å²) in [7, 11) is 2.20. The van der Waals surface area contributed by atoms with Crippen LogP contribution in [-0.4, -0.2) is 94.5 Å². The number of fused-ring (bicyclic) bond motifs is 2. The number of aliphatic hydroxyl groups is 3. The fourth-order valence-corrected chi connectivity index (χ4v) is 11.0. The zero-order valence-corrected chi connectivity index (χ0v) is 22.6. The second kappa shape index (κ2) is 7.90. The lowest BCUT2D eigenvalue weighted by molar-refractivity contribution is -1.04. The summed E-state index contributed by atoms with van der Waals surface area (Å²) in [6.07, 6.45) is 5.33. The monoisotopic (exact) mass is 546 g/mol. The molecule has 6 aliphatic heterocycles. The summed E-state index contributed by atoms with van der Waals surface area (Å²) in [5.41, 5.74) is 2.25. The summed E-state index contributed by atoms with van der Waals surface area (Å²) >= 11 is 3.71. The third-order valence-electron chi connectivity index (χ3n) is 11.6. The first-order valence-electron chi connectivity index (χ1n) is 14.0. The maximum absolute atomic E-state index is 12.2. The van der Waals surface area contributed by atoms with Crippen molar-refractivity contribution in [3.8, 4) is 0 Å². The van der Waals surface area contributed by atoms with Gasteiger partial charge < -0.3 is 25.1 Å². The lowest BCUT2D eigenvalue weighted by atomic mass is 9.60. The van der Waals surface area contributed by atoms with Crippen molar-refractivity contribution in [2.24, 2.45) is 17.8 Å². The summed E-state index contributed by atoms with van der Waals surface area (Å²) in [4.78, 5) is 4.85. The molecule has 7 heteroatoms. The van der Waals surface area contributed by atoms with Crippen LogP contribution in [0.2, 0.25) is 0 Å². The first-order valence-corrected chi connectivity index (χ1v) is 14.8. The third kappa shape index (κ3) is 2.78. The molecule has 6 heterocycles. The molecule has 1 saturated carbocycles. The summed E-state index contributed by atoms with van der Waals surface area (Å²) in [6.45, 7) is 5.67. The van der Waals surface area contributed by atoms with Crippen LogP contribution >= 0.6 is 15.9 Å². The molecule has 6 unspecified atom stereocenters. The van der Waals surface area contributed by atoms with Crippen molar-refractivity contribution in [2.75, 3.05) is 38.1 Å². The number of hydrogen-bond acceptors (Lipinski definition) is 5. The van der Waals surface area contributed by atoms with Crippen LogP contribution in [0.1, 0.15) is 51.0 Å². The van der Waals surface area contributed by atoms with Crippen LogP contribution in [0, 0.1) is 17.8 Å². The predicted molar refractivity (Wildman–Crippen MR) is 139 cm³/mol. The molecule has 11 atom stereocenters. The number of β-amino-alcohol motifs (C(OH)–C–C–N with tert-alkyl or cyclic N) is 1. The number of quaternary nitrogens is 1. The van der Waals surface area contributed by atoms with Gasteiger partial charge >= 0.3 is 0 Å². The molecular formula is C28H41BrN3O3+. The normalized spacial score (nSPS) is 48.3. The van der Waals surface area contributed by atoms with Crippen molar-refractivity contribution < 1.29 is 19.8 Å². The topological polar surface area (TPSA) is 67.2 Å². The summed E-state index contributed by atoms with van der Waals surface area (Å²) in [5.74, 6) is 0.768. The Hall–Kier alpha value is -0.700. The molecule has 1 aliphatic carbocycles. The zero-order valence-electron chi connectivity index (χ0n) is 21.1. The lowest BCUT2D eigenvalue weighted by Gasteiger charge is -2.68. The van der Waals surface area contributed by atoms with Gasteiger partial charge in [-0.3, -0.25) is 4.48 Å². The van der Waals surface area contributed by atoms with Gasteiger partial charge in [-0.25, -0.2) is 0 Å². The summed E-state index contributed by atoms with van der Waals surface area (Å²) in [5, 5.41) is 35.9. The third-order valence-corrected chi connectivity index (χ3v) is 12.1. The number of hydrogen-bond donors (Lipinski definition) is 3. The molecule has 0 amide bonds. The maximum Gasteiger partial charge on any atom is 0.194 e. The number of benzene rings is 1. The second-order valence-electron chi connectivity index (χ2n) is 12.7. The molecule has 8 rings (SSSR count). The van der Waals surface area contributed by atoms with Gasteiger partial charge in [0, 0.05) is 48.4 Å².